The van der Waals surface area contributed by atoms with E-state index < -0.39 is 0 Å². The van der Waals surface area contributed by atoms with E-state index in [4.69, 9.17) is 21.1 Å². The van der Waals surface area contributed by atoms with Crippen LogP contribution in [0.5, 0.6) is 5.75 Å². The molecule has 0 N–H and O–H groups in total. The van der Waals surface area contributed by atoms with E-state index in [0.717, 1.165) is 29.2 Å². The van der Waals surface area contributed by atoms with E-state index in [1.807, 2.05) is 39.0 Å². The molecular formula is C15H21ClN2O2. The fourth-order valence-electron chi connectivity index (χ4n) is 2.16. The summed E-state index contributed by atoms with van der Waals surface area (Å²) >= 11 is 6.02. The molecule has 0 bridgehead atoms. The fraction of sp³-hybridized carbons (Fsp3) is 0.533. The first-order chi connectivity index (χ1) is 9.56. The molecule has 0 aliphatic rings. The summed E-state index contributed by atoms with van der Waals surface area (Å²) in [5.74, 6) is 2.00. The van der Waals surface area contributed by atoms with Crippen LogP contribution in [-0.4, -0.2) is 28.9 Å². The highest BCUT2D eigenvalue weighted by Crippen LogP contribution is 2.27. The van der Waals surface area contributed by atoms with E-state index >= 15 is 0 Å². The number of benzene rings is 1. The van der Waals surface area contributed by atoms with Crippen molar-refractivity contribution in [2.75, 3.05) is 7.11 Å². The van der Waals surface area contributed by atoms with E-state index in [1.165, 1.54) is 0 Å². The molecule has 0 aliphatic heterocycles. The predicted molar refractivity (Wildman–Crippen MR) is 81.5 cm³/mol. The third-order valence-corrected chi connectivity index (χ3v) is 3.38. The molecule has 1 aromatic heterocycles. The highest BCUT2D eigenvalue weighted by atomic mass is 35.5. The van der Waals surface area contributed by atoms with Crippen molar-refractivity contribution in [2.45, 2.75) is 45.4 Å². The number of imidazole rings is 1. The number of methoxy groups -OCH3 is 1. The summed E-state index contributed by atoms with van der Waals surface area (Å²) in [4.78, 5) is 4.62. The topological polar surface area (TPSA) is 36.3 Å². The van der Waals surface area contributed by atoms with Crippen LogP contribution in [0.25, 0.3) is 11.0 Å². The highest BCUT2D eigenvalue weighted by molar-refractivity contribution is 6.16. The fourth-order valence-corrected chi connectivity index (χ4v) is 2.36. The molecule has 0 saturated carbocycles. The van der Waals surface area contributed by atoms with Crippen LogP contribution in [0.2, 0.25) is 0 Å². The highest BCUT2D eigenvalue weighted by Gasteiger charge is 2.16. The van der Waals surface area contributed by atoms with E-state index in [1.54, 1.807) is 7.11 Å². The maximum absolute atomic E-state index is 6.02. The number of rotatable bonds is 6. The SMILES string of the molecule is COC(C)Cn1c(CCl)nc2c(OC(C)C)cccc21. The molecule has 0 amide bonds. The van der Waals surface area contributed by atoms with Crippen LogP contribution in [0.3, 0.4) is 0 Å². The average Bonchev–Trinajstić information content (AvgIpc) is 2.77. The molecule has 5 heteroatoms. The van der Waals surface area contributed by atoms with Crippen LogP contribution in [0.4, 0.5) is 0 Å². The van der Waals surface area contributed by atoms with Crippen LogP contribution in [0, 0.1) is 0 Å². The molecule has 1 unspecified atom stereocenters. The second-order valence-electron chi connectivity index (χ2n) is 5.11. The first-order valence-electron chi connectivity index (χ1n) is 6.80. The van der Waals surface area contributed by atoms with Crippen molar-refractivity contribution in [2.24, 2.45) is 0 Å². The molecule has 0 radical (unpaired) electrons. The average molecular weight is 297 g/mol. The lowest BCUT2D eigenvalue weighted by Gasteiger charge is -2.14. The number of hydrogen-bond acceptors (Lipinski definition) is 3. The van der Waals surface area contributed by atoms with Crippen molar-refractivity contribution in [3.8, 4) is 5.75 Å². The first-order valence-corrected chi connectivity index (χ1v) is 7.33. The van der Waals surface area contributed by atoms with Crippen molar-refractivity contribution in [1.29, 1.82) is 0 Å². The quantitative estimate of drug-likeness (QED) is 0.764. The molecule has 2 aromatic rings. The zero-order chi connectivity index (χ0) is 14.7. The molecule has 1 heterocycles. The number of ether oxygens (including phenoxy) is 2. The van der Waals surface area contributed by atoms with Gasteiger partial charge in [-0.2, -0.15) is 0 Å². The van der Waals surface area contributed by atoms with Crippen LogP contribution in [0.1, 0.15) is 26.6 Å². The van der Waals surface area contributed by atoms with E-state index in [2.05, 4.69) is 9.55 Å². The Labute approximate surface area is 124 Å². The zero-order valence-electron chi connectivity index (χ0n) is 12.4. The van der Waals surface area contributed by atoms with Crippen LogP contribution in [-0.2, 0) is 17.2 Å². The predicted octanol–water partition coefficient (Wildman–Crippen LogP) is 3.60. The Morgan fingerprint density at radius 2 is 2.05 bits per heavy atom. The Kier molecular flexibility index (Phi) is 4.89. The second-order valence-corrected chi connectivity index (χ2v) is 5.38. The number of hydrogen-bond donors (Lipinski definition) is 0. The van der Waals surface area contributed by atoms with E-state index in [0.29, 0.717) is 5.88 Å². The van der Waals surface area contributed by atoms with Crippen LogP contribution in [0.15, 0.2) is 18.2 Å². The Morgan fingerprint density at radius 1 is 1.30 bits per heavy atom. The van der Waals surface area contributed by atoms with Gasteiger partial charge < -0.3 is 14.0 Å². The zero-order valence-corrected chi connectivity index (χ0v) is 13.1. The normalized spacial score (nSPS) is 13.1. The standard InChI is InChI=1S/C15H21ClN2O2/c1-10(2)20-13-7-5-6-12-15(13)17-14(8-16)18(12)9-11(3)19-4/h5-7,10-11H,8-9H2,1-4H3. The van der Waals surface area contributed by atoms with Gasteiger partial charge in [-0.15, -0.1) is 11.6 Å². The van der Waals surface area contributed by atoms with Gasteiger partial charge in [-0.05, 0) is 32.9 Å². The van der Waals surface area contributed by atoms with Crippen molar-refractivity contribution in [3.05, 3.63) is 24.0 Å². The third kappa shape index (κ3) is 3.07. The summed E-state index contributed by atoms with van der Waals surface area (Å²) < 4.78 is 13.3. The molecule has 0 saturated heterocycles. The molecule has 0 fully saturated rings. The van der Waals surface area contributed by atoms with E-state index in [9.17, 15) is 0 Å². The number of fused-ring (bicyclic) bond motifs is 1. The second kappa shape index (κ2) is 6.46. The minimum absolute atomic E-state index is 0.101. The maximum Gasteiger partial charge on any atom is 0.147 e. The Morgan fingerprint density at radius 3 is 2.65 bits per heavy atom. The van der Waals surface area contributed by atoms with Crippen LogP contribution < -0.4 is 4.74 Å². The smallest absolute Gasteiger partial charge is 0.147 e. The molecule has 0 aliphatic carbocycles. The maximum atomic E-state index is 6.02. The Bertz CT molecular complexity index is 581. The number of nitrogens with zero attached hydrogens (tertiary/aromatic N) is 2. The van der Waals surface area contributed by atoms with Gasteiger partial charge in [0.15, 0.2) is 0 Å². The lowest BCUT2D eigenvalue weighted by Crippen LogP contribution is -2.16. The number of aromatic nitrogens is 2. The lowest BCUT2D eigenvalue weighted by atomic mass is 10.2. The van der Waals surface area contributed by atoms with Crippen molar-refractivity contribution in [1.82, 2.24) is 9.55 Å². The van der Waals surface area contributed by atoms with Gasteiger partial charge in [0.25, 0.3) is 0 Å². The van der Waals surface area contributed by atoms with Gasteiger partial charge in [0.1, 0.15) is 17.1 Å². The van der Waals surface area contributed by atoms with Gasteiger partial charge >= 0.3 is 0 Å². The number of halogens is 1. The van der Waals surface area contributed by atoms with Crippen molar-refractivity contribution in [3.63, 3.8) is 0 Å². The van der Waals surface area contributed by atoms with Gasteiger partial charge in [0, 0.05) is 7.11 Å². The lowest BCUT2D eigenvalue weighted by molar-refractivity contribution is 0.103. The largest absolute Gasteiger partial charge is 0.489 e. The van der Waals surface area contributed by atoms with Crippen molar-refractivity contribution >= 4 is 22.6 Å². The molecule has 2 rings (SSSR count). The molecular weight excluding hydrogens is 276 g/mol. The number of alkyl halides is 1. The minimum atomic E-state index is 0.101. The molecule has 4 nitrogen and oxygen atoms in total. The summed E-state index contributed by atoms with van der Waals surface area (Å²) in [6, 6.07) is 5.96. The molecule has 1 aromatic carbocycles. The Balaban J connectivity index is 2.51. The Hall–Kier alpha value is -1.26. The van der Waals surface area contributed by atoms with Crippen molar-refractivity contribution < 1.29 is 9.47 Å². The summed E-state index contributed by atoms with van der Waals surface area (Å²) in [6.07, 6.45) is 0.215. The van der Waals surface area contributed by atoms with E-state index in [-0.39, 0.29) is 12.2 Å². The summed E-state index contributed by atoms with van der Waals surface area (Å²) in [5, 5.41) is 0. The molecule has 0 spiro atoms. The first kappa shape index (κ1) is 15.1. The minimum Gasteiger partial charge on any atom is -0.489 e. The summed E-state index contributed by atoms with van der Waals surface area (Å²) in [5.41, 5.74) is 1.89. The van der Waals surface area contributed by atoms with Crippen LogP contribution >= 0.6 is 11.6 Å². The summed E-state index contributed by atoms with van der Waals surface area (Å²) in [6.45, 7) is 6.76. The number of para-hydroxylation sites is 1. The van der Waals surface area contributed by atoms with Gasteiger partial charge in [-0.1, -0.05) is 6.07 Å². The van der Waals surface area contributed by atoms with Gasteiger partial charge in [-0.3, -0.25) is 0 Å². The summed E-state index contributed by atoms with van der Waals surface area (Å²) in [7, 11) is 1.71. The monoisotopic (exact) mass is 296 g/mol. The molecule has 1 atom stereocenters. The molecule has 110 valence electrons. The molecule has 20 heavy (non-hydrogen) atoms. The van der Waals surface area contributed by atoms with Gasteiger partial charge in [-0.25, -0.2) is 4.98 Å². The van der Waals surface area contributed by atoms with Gasteiger partial charge in [0.05, 0.1) is 30.1 Å². The third-order valence-electron chi connectivity index (χ3n) is 3.15. The van der Waals surface area contributed by atoms with Gasteiger partial charge in [0.2, 0.25) is 0 Å².